The van der Waals surface area contributed by atoms with Crippen LogP contribution in [0.25, 0.3) is 11.3 Å². The molecule has 1 aromatic heterocycles. The molecular weight excluding hydrogens is 396 g/mol. The van der Waals surface area contributed by atoms with Gasteiger partial charge < -0.3 is 9.73 Å². The maximum atomic E-state index is 5.83. The highest BCUT2D eigenvalue weighted by molar-refractivity contribution is 9.11. The normalized spacial score (nSPS) is 11.3. The number of nitrogens with zero attached hydrogens (tertiary/aromatic N) is 1. The molecule has 1 aromatic carbocycles. The molecule has 1 heterocycles. The molecule has 5 heteroatoms. The molecule has 0 unspecified atom stereocenters. The van der Waals surface area contributed by atoms with Gasteiger partial charge in [-0.15, -0.1) is 0 Å². The second-order valence-corrected chi connectivity index (χ2v) is 7.21. The summed E-state index contributed by atoms with van der Waals surface area (Å²) in [5.41, 5.74) is 1.02. The van der Waals surface area contributed by atoms with E-state index in [-0.39, 0.29) is 0 Å². The number of oxazole rings is 1. The minimum atomic E-state index is 0.688. The van der Waals surface area contributed by atoms with Crippen LogP contribution in [-0.2, 0) is 6.42 Å². The van der Waals surface area contributed by atoms with Crippen molar-refractivity contribution in [3.8, 4) is 11.3 Å². The molecule has 0 saturated carbocycles. The molecule has 0 bridgehead atoms. The van der Waals surface area contributed by atoms with Gasteiger partial charge in [-0.2, -0.15) is 0 Å². The van der Waals surface area contributed by atoms with E-state index in [0.717, 1.165) is 52.1 Å². The molecule has 114 valence electrons. The van der Waals surface area contributed by atoms with Crippen molar-refractivity contribution in [2.75, 3.05) is 13.1 Å². The van der Waals surface area contributed by atoms with Crippen molar-refractivity contribution in [1.82, 2.24) is 10.3 Å². The number of nitrogens with one attached hydrogen (secondary N) is 1. The van der Waals surface area contributed by atoms with Gasteiger partial charge in [-0.3, -0.25) is 0 Å². The SMILES string of the molecule is CC(C)CNCCCc1ncc(-c2ccc(Br)cc2Br)o1. The number of rotatable bonds is 7. The molecule has 2 rings (SSSR count). The summed E-state index contributed by atoms with van der Waals surface area (Å²) in [6, 6.07) is 6.02. The van der Waals surface area contributed by atoms with E-state index in [1.807, 2.05) is 18.2 Å². The van der Waals surface area contributed by atoms with Crippen LogP contribution < -0.4 is 5.32 Å². The lowest BCUT2D eigenvalue weighted by Crippen LogP contribution is -2.21. The van der Waals surface area contributed by atoms with Gasteiger partial charge in [0.15, 0.2) is 11.7 Å². The summed E-state index contributed by atoms with van der Waals surface area (Å²) in [4.78, 5) is 4.36. The highest BCUT2D eigenvalue weighted by Gasteiger charge is 2.09. The third kappa shape index (κ3) is 5.24. The minimum absolute atomic E-state index is 0.688. The molecular formula is C16H20Br2N2O. The van der Waals surface area contributed by atoms with Crippen LogP contribution in [0.5, 0.6) is 0 Å². The highest BCUT2D eigenvalue weighted by atomic mass is 79.9. The standard InChI is InChI=1S/C16H20Br2N2O/c1-11(2)9-19-7-3-4-16-20-10-15(21-16)13-6-5-12(17)8-14(13)18/h5-6,8,10-11,19H,3-4,7,9H2,1-2H3. The van der Waals surface area contributed by atoms with Crippen molar-refractivity contribution in [2.24, 2.45) is 5.92 Å². The maximum absolute atomic E-state index is 5.83. The Morgan fingerprint density at radius 3 is 2.81 bits per heavy atom. The predicted octanol–water partition coefficient (Wildman–Crippen LogP) is 5.04. The summed E-state index contributed by atoms with van der Waals surface area (Å²) in [5.74, 6) is 2.29. The molecule has 0 aliphatic rings. The summed E-state index contributed by atoms with van der Waals surface area (Å²) >= 11 is 7.00. The van der Waals surface area contributed by atoms with Crippen molar-refractivity contribution >= 4 is 31.9 Å². The maximum Gasteiger partial charge on any atom is 0.194 e. The van der Waals surface area contributed by atoms with Crippen molar-refractivity contribution in [1.29, 1.82) is 0 Å². The van der Waals surface area contributed by atoms with Gasteiger partial charge in [-0.1, -0.05) is 29.8 Å². The van der Waals surface area contributed by atoms with Gasteiger partial charge in [-0.05, 0) is 59.6 Å². The first kappa shape index (κ1) is 16.7. The number of hydrogen-bond acceptors (Lipinski definition) is 3. The van der Waals surface area contributed by atoms with Gasteiger partial charge in [0.25, 0.3) is 0 Å². The van der Waals surface area contributed by atoms with E-state index < -0.39 is 0 Å². The molecule has 0 atom stereocenters. The Bertz CT molecular complexity index is 581. The summed E-state index contributed by atoms with van der Waals surface area (Å²) in [5, 5.41) is 3.43. The van der Waals surface area contributed by atoms with Gasteiger partial charge in [0, 0.05) is 20.9 Å². The van der Waals surface area contributed by atoms with Crippen LogP contribution in [0.2, 0.25) is 0 Å². The van der Waals surface area contributed by atoms with Crippen LogP contribution in [0.3, 0.4) is 0 Å². The number of halogens is 2. The average molecular weight is 416 g/mol. The molecule has 0 saturated heterocycles. The number of hydrogen-bond donors (Lipinski definition) is 1. The molecule has 21 heavy (non-hydrogen) atoms. The molecule has 0 amide bonds. The zero-order valence-corrected chi connectivity index (χ0v) is 15.5. The van der Waals surface area contributed by atoms with Crippen molar-refractivity contribution in [3.05, 3.63) is 39.2 Å². The summed E-state index contributed by atoms with van der Waals surface area (Å²) in [7, 11) is 0. The molecule has 0 radical (unpaired) electrons. The lowest BCUT2D eigenvalue weighted by Gasteiger charge is -2.05. The van der Waals surface area contributed by atoms with Gasteiger partial charge in [-0.25, -0.2) is 4.98 Å². The number of benzene rings is 1. The summed E-state index contributed by atoms with van der Waals surface area (Å²) in [6.07, 6.45) is 3.69. The topological polar surface area (TPSA) is 38.1 Å². The van der Waals surface area contributed by atoms with Crippen LogP contribution in [0, 0.1) is 5.92 Å². The lowest BCUT2D eigenvalue weighted by atomic mass is 10.2. The van der Waals surface area contributed by atoms with Gasteiger partial charge in [0.05, 0.1) is 6.20 Å². The van der Waals surface area contributed by atoms with Crippen molar-refractivity contribution < 1.29 is 4.42 Å². The summed E-state index contributed by atoms with van der Waals surface area (Å²) in [6.45, 7) is 6.48. The first-order chi connectivity index (χ1) is 10.1. The van der Waals surface area contributed by atoms with E-state index in [9.17, 15) is 0 Å². The van der Waals surface area contributed by atoms with Gasteiger partial charge in [0.1, 0.15) is 0 Å². The third-order valence-corrected chi connectivity index (χ3v) is 4.20. The quantitative estimate of drug-likeness (QED) is 0.643. The number of aromatic nitrogens is 1. The minimum Gasteiger partial charge on any atom is -0.441 e. The van der Waals surface area contributed by atoms with Crippen LogP contribution in [0.15, 0.2) is 37.8 Å². The van der Waals surface area contributed by atoms with Crippen molar-refractivity contribution in [2.45, 2.75) is 26.7 Å². The van der Waals surface area contributed by atoms with Crippen LogP contribution >= 0.6 is 31.9 Å². The second kappa shape index (κ2) is 8.11. The van der Waals surface area contributed by atoms with E-state index in [0.29, 0.717) is 5.92 Å². The monoisotopic (exact) mass is 414 g/mol. The fourth-order valence-electron chi connectivity index (χ4n) is 2.00. The molecule has 3 nitrogen and oxygen atoms in total. The van der Waals surface area contributed by atoms with E-state index in [1.165, 1.54) is 0 Å². The zero-order valence-electron chi connectivity index (χ0n) is 12.3. The molecule has 0 fully saturated rings. The average Bonchev–Trinajstić information content (AvgIpc) is 2.86. The van der Waals surface area contributed by atoms with Crippen LogP contribution in [-0.4, -0.2) is 18.1 Å². The van der Waals surface area contributed by atoms with E-state index in [4.69, 9.17) is 4.42 Å². The molecule has 2 aromatic rings. The molecule has 0 spiro atoms. The van der Waals surface area contributed by atoms with Crippen LogP contribution in [0.1, 0.15) is 26.2 Å². The van der Waals surface area contributed by atoms with Gasteiger partial charge in [0.2, 0.25) is 0 Å². The summed E-state index contributed by atoms with van der Waals surface area (Å²) < 4.78 is 7.87. The Labute approximate surface area is 142 Å². The Kier molecular flexibility index (Phi) is 6.45. The van der Waals surface area contributed by atoms with E-state index >= 15 is 0 Å². The fraction of sp³-hybridized carbons (Fsp3) is 0.438. The molecule has 0 aliphatic carbocycles. The highest BCUT2D eigenvalue weighted by Crippen LogP contribution is 2.31. The van der Waals surface area contributed by atoms with E-state index in [1.54, 1.807) is 6.20 Å². The zero-order chi connectivity index (χ0) is 15.2. The molecule has 1 N–H and O–H groups in total. The smallest absolute Gasteiger partial charge is 0.194 e. The lowest BCUT2D eigenvalue weighted by molar-refractivity contribution is 0.483. The second-order valence-electron chi connectivity index (χ2n) is 5.44. The van der Waals surface area contributed by atoms with Crippen LogP contribution in [0.4, 0.5) is 0 Å². The van der Waals surface area contributed by atoms with Gasteiger partial charge >= 0.3 is 0 Å². The first-order valence-corrected chi connectivity index (χ1v) is 8.75. The Morgan fingerprint density at radius 2 is 2.10 bits per heavy atom. The predicted molar refractivity (Wildman–Crippen MR) is 93.4 cm³/mol. The number of aryl methyl sites for hydroxylation is 1. The molecule has 0 aliphatic heterocycles. The first-order valence-electron chi connectivity index (χ1n) is 7.17. The fourth-order valence-corrected chi connectivity index (χ4v) is 3.24. The van der Waals surface area contributed by atoms with E-state index in [2.05, 4.69) is 56.0 Å². The Morgan fingerprint density at radius 1 is 1.29 bits per heavy atom. The van der Waals surface area contributed by atoms with Crippen molar-refractivity contribution in [3.63, 3.8) is 0 Å². The Hall–Kier alpha value is -0.650. The largest absolute Gasteiger partial charge is 0.441 e. The third-order valence-electron chi connectivity index (χ3n) is 3.05. The Balaban J connectivity index is 1.89.